The van der Waals surface area contributed by atoms with E-state index >= 15 is 0 Å². The van der Waals surface area contributed by atoms with Gasteiger partial charge in [-0.2, -0.15) is 0 Å². The molecule has 0 aliphatic heterocycles. The zero-order valence-electron chi connectivity index (χ0n) is 13.6. The van der Waals surface area contributed by atoms with Crippen molar-refractivity contribution in [2.75, 3.05) is 10.6 Å². The maximum atomic E-state index is 12.2. The predicted molar refractivity (Wildman–Crippen MR) is 95.1 cm³/mol. The summed E-state index contributed by atoms with van der Waals surface area (Å²) in [5.41, 5.74) is 2.78. The maximum absolute atomic E-state index is 12.2. The van der Waals surface area contributed by atoms with Gasteiger partial charge in [0.05, 0.1) is 0 Å². The van der Waals surface area contributed by atoms with E-state index in [-0.39, 0.29) is 6.03 Å². The second kappa shape index (κ2) is 7.00. The first-order chi connectivity index (χ1) is 11.6. The Kier molecular flexibility index (Phi) is 4.61. The van der Waals surface area contributed by atoms with E-state index in [4.69, 9.17) is 4.52 Å². The zero-order valence-corrected chi connectivity index (χ0v) is 13.6. The van der Waals surface area contributed by atoms with E-state index in [2.05, 4.69) is 29.6 Å². The topological polar surface area (TPSA) is 67.2 Å². The van der Waals surface area contributed by atoms with Crippen LogP contribution in [0, 0.1) is 0 Å². The lowest BCUT2D eigenvalue weighted by molar-refractivity contribution is 0.262. The Balaban J connectivity index is 1.69. The van der Waals surface area contributed by atoms with Crippen molar-refractivity contribution in [2.45, 2.75) is 19.8 Å². The van der Waals surface area contributed by atoms with Gasteiger partial charge in [0.1, 0.15) is 0 Å². The number of carbonyl (C=O) groups excluding carboxylic acids is 1. The second-order valence-corrected chi connectivity index (χ2v) is 5.76. The molecular weight excluding hydrogens is 302 g/mol. The van der Waals surface area contributed by atoms with Gasteiger partial charge < -0.3 is 9.84 Å². The second-order valence-electron chi connectivity index (χ2n) is 5.76. The monoisotopic (exact) mass is 321 g/mol. The van der Waals surface area contributed by atoms with Crippen molar-refractivity contribution in [2.24, 2.45) is 0 Å². The molecule has 0 aliphatic rings. The lowest BCUT2D eigenvalue weighted by atomic mass is 10.0. The highest BCUT2D eigenvalue weighted by atomic mass is 16.5. The van der Waals surface area contributed by atoms with Gasteiger partial charge in [-0.05, 0) is 17.5 Å². The number of anilines is 2. The molecule has 0 saturated carbocycles. The molecule has 1 heterocycles. The third-order valence-corrected chi connectivity index (χ3v) is 3.64. The van der Waals surface area contributed by atoms with Crippen molar-refractivity contribution >= 4 is 17.5 Å². The van der Waals surface area contributed by atoms with Crippen LogP contribution in [-0.4, -0.2) is 11.2 Å². The number of aromatic nitrogens is 1. The standard InChI is InChI=1S/C19H19N3O2/c1-13(2)15-10-6-7-11-16(15)20-19(23)21-18-12-17(24-22-18)14-8-4-3-5-9-14/h3-13H,1-2H3,(H2,20,21,22,23). The van der Waals surface area contributed by atoms with Crippen LogP contribution in [-0.2, 0) is 0 Å². The van der Waals surface area contributed by atoms with Crippen molar-refractivity contribution in [3.8, 4) is 11.3 Å². The number of para-hydroxylation sites is 1. The van der Waals surface area contributed by atoms with Crippen LogP contribution < -0.4 is 10.6 Å². The third-order valence-electron chi connectivity index (χ3n) is 3.64. The van der Waals surface area contributed by atoms with Gasteiger partial charge in [0.2, 0.25) is 0 Å². The van der Waals surface area contributed by atoms with E-state index < -0.39 is 0 Å². The molecule has 0 atom stereocenters. The smallest absolute Gasteiger partial charge is 0.324 e. The zero-order chi connectivity index (χ0) is 16.9. The van der Waals surface area contributed by atoms with Crippen molar-refractivity contribution in [1.82, 2.24) is 5.16 Å². The number of amides is 2. The SMILES string of the molecule is CC(C)c1ccccc1NC(=O)Nc1cc(-c2ccccc2)on1. The number of nitrogens with zero attached hydrogens (tertiary/aromatic N) is 1. The van der Waals surface area contributed by atoms with Crippen LogP contribution in [0.5, 0.6) is 0 Å². The van der Waals surface area contributed by atoms with Crippen LogP contribution in [0.25, 0.3) is 11.3 Å². The first kappa shape index (κ1) is 15.8. The molecule has 122 valence electrons. The van der Waals surface area contributed by atoms with Gasteiger partial charge in [0, 0.05) is 17.3 Å². The Morgan fingerprint density at radius 3 is 2.46 bits per heavy atom. The summed E-state index contributed by atoms with van der Waals surface area (Å²) in [5, 5.41) is 9.43. The molecule has 3 rings (SSSR count). The molecule has 5 heteroatoms. The lowest BCUT2D eigenvalue weighted by Gasteiger charge is -2.13. The third kappa shape index (κ3) is 3.63. The van der Waals surface area contributed by atoms with Crippen molar-refractivity contribution in [3.05, 3.63) is 66.2 Å². The molecule has 0 bridgehead atoms. The molecule has 0 unspecified atom stereocenters. The summed E-state index contributed by atoms with van der Waals surface area (Å²) in [6.45, 7) is 4.17. The summed E-state index contributed by atoms with van der Waals surface area (Å²) in [7, 11) is 0. The van der Waals surface area contributed by atoms with Gasteiger partial charge in [-0.1, -0.05) is 67.5 Å². The minimum atomic E-state index is -0.351. The summed E-state index contributed by atoms with van der Waals surface area (Å²) < 4.78 is 5.27. The van der Waals surface area contributed by atoms with Crippen molar-refractivity contribution in [1.29, 1.82) is 0 Å². The summed E-state index contributed by atoms with van der Waals surface area (Å²) in [6.07, 6.45) is 0. The normalized spacial score (nSPS) is 10.6. The molecule has 0 radical (unpaired) electrons. The highest BCUT2D eigenvalue weighted by Crippen LogP contribution is 2.25. The molecule has 3 aromatic rings. The van der Waals surface area contributed by atoms with Crippen LogP contribution in [0.1, 0.15) is 25.3 Å². The summed E-state index contributed by atoms with van der Waals surface area (Å²) in [6, 6.07) is 18.7. The fourth-order valence-electron chi connectivity index (χ4n) is 2.46. The molecule has 1 aromatic heterocycles. The highest BCUT2D eigenvalue weighted by Gasteiger charge is 2.12. The van der Waals surface area contributed by atoms with Crippen LogP contribution >= 0.6 is 0 Å². The first-order valence-electron chi connectivity index (χ1n) is 7.82. The Hall–Kier alpha value is -3.08. The Morgan fingerprint density at radius 2 is 1.71 bits per heavy atom. The Bertz CT molecular complexity index is 825. The van der Waals surface area contributed by atoms with Gasteiger partial charge in [-0.3, -0.25) is 5.32 Å². The number of nitrogens with one attached hydrogen (secondary N) is 2. The average Bonchev–Trinajstić information content (AvgIpc) is 3.04. The number of hydrogen-bond acceptors (Lipinski definition) is 3. The lowest BCUT2D eigenvalue weighted by Crippen LogP contribution is -2.20. The largest absolute Gasteiger partial charge is 0.354 e. The van der Waals surface area contributed by atoms with Crippen LogP contribution in [0.4, 0.5) is 16.3 Å². The van der Waals surface area contributed by atoms with E-state index in [1.54, 1.807) is 6.07 Å². The van der Waals surface area contributed by atoms with Crippen molar-refractivity contribution < 1.29 is 9.32 Å². The first-order valence-corrected chi connectivity index (χ1v) is 7.82. The van der Waals surface area contributed by atoms with Gasteiger partial charge in [0.15, 0.2) is 11.6 Å². The molecule has 0 saturated heterocycles. The fraction of sp³-hybridized carbons (Fsp3) is 0.158. The molecule has 0 fully saturated rings. The fourth-order valence-corrected chi connectivity index (χ4v) is 2.46. The minimum Gasteiger partial charge on any atom is -0.354 e. The maximum Gasteiger partial charge on any atom is 0.324 e. The van der Waals surface area contributed by atoms with E-state index in [0.717, 1.165) is 16.8 Å². The van der Waals surface area contributed by atoms with E-state index in [1.165, 1.54) is 0 Å². The number of urea groups is 1. The van der Waals surface area contributed by atoms with Crippen LogP contribution in [0.15, 0.2) is 65.2 Å². The van der Waals surface area contributed by atoms with Crippen LogP contribution in [0.2, 0.25) is 0 Å². The van der Waals surface area contributed by atoms with Crippen LogP contribution in [0.3, 0.4) is 0 Å². The van der Waals surface area contributed by atoms with E-state index in [9.17, 15) is 4.79 Å². The van der Waals surface area contributed by atoms with Crippen molar-refractivity contribution in [3.63, 3.8) is 0 Å². The average molecular weight is 321 g/mol. The van der Waals surface area contributed by atoms with Gasteiger partial charge >= 0.3 is 6.03 Å². The summed E-state index contributed by atoms with van der Waals surface area (Å²) in [4.78, 5) is 12.2. The minimum absolute atomic E-state index is 0.318. The predicted octanol–water partition coefficient (Wildman–Crippen LogP) is 5.11. The Morgan fingerprint density at radius 1 is 1.00 bits per heavy atom. The molecule has 2 aromatic carbocycles. The number of benzene rings is 2. The number of carbonyl (C=O) groups is 1. The number of rotatable bonds is 4. The summed E-state index contributed by atoms with van der Waals surface area (Å²) in [5.74, 6) is 1.29. The van der Waals surface area contributed by atoms with Gasteiger partial charge in [0.25, 0.3) is 0 Å². The van der Waals surface area contributed by atoms with E-state index in [0.29, 0.717) is 17.5 Å². The molecule has 5 nitrogen and oxygen atoms in total. The molecule has 2 N–H and O–H groups in total. The quantitative estimate of drug-likeness (QED) is 0.701. The molecule has 24 heavy (non-hydrogen) atoms. The van der Waals surface area contributed by atoms with Gasteiger partial charge in [-0.15, -0.1) is 0 Å². The molecule has 0 aliphatic carbocycles. The van der Waals surface area contributed by atoms with Gasteiger partial charge in [-0.25, -0.2) is 4.79 Å². The highest BCUT2D eigenvalue weighted by molar-refractivity contribution is 5.99. The molecular formula is C19H19N3O2. The molecule has 2 amide bonds. The van der Waals surface area contributed by atoms with E-state index in [1.807, 2.05) is 54.6 Å². The Labute approximate surface area is 140 Å². The summed E-state index contributed by atoms with van der Waals surface area (Å²) >= 11 is 0. The molecule has 0 spiro atoms. The number of hydrogen-bond donors (Lipinski definition) is 2.